The van der Waals surface area contributed by atoms with Gasteiger partial charge in [0.2, 0.25) is 0 Å². The maximum atomic E-state index is 12.4. The fourth-order valence-corrected chi connectivity index (χ4v) is 2.66. The number of alkyl halides is 2. The summed E-state index contributed by atoms with van der Waals surface area (Å²) in [5, 5.41) is 8.28. The zero-order chi connectivity index (χ0) is 18.9. The molecule has 26 heavy (non-hydrogen) atoms. The number of carbonyl (C=O) groups is 1. The van der Waals surface area contributed by atoms with Crippen molar-refractivity contribution in [3.63, 3.8) is 0 Å². The third-order valence-corrected chi connectivity index (χ3v) is 3.72. The lowest BCUT2D eigenvalue weighted by atomic mass is 10.2. The van der Waals surface area contributed by atoms with Gasteiger partial charge in [-0.3, -0.25) is 4.90 Å². The van der Waals surface area contributed by atoms with Crippen LogP contribution in [0.3, 0.4) is 0 Å². The molecular formula is C17H20F2N4O3. The van der Waals surface area contributed by atoms with Crippen molar-refractivity contribution in [3.05, 3.63) is 30.1 Å². The van der Waals surface area contributed by atoms with Gasteiger partial charge in [-0.25, -0.2) is 4.79 Å². The first kappa shape index (κ1) is 18.1. The minimum absolute atomic E-state index is 0.0565. The smallest absolute Gasteiger partial charge is 0.410 e. The molecule has 0 fully saturated rings. The van der Waals surface area contributed by atoms with Gasteiger partial charge >= 0.3 is 12.7 Å². The van der Waals surface area contributed by atoms with Crippen molar-refractivity contribution in [1.82, 2.24) is 19.7 Å². The van der Waals surface area contributed by atoms with Gasteiger partial charge in [-0.2, -0.15) is 8.78 Å². The molecule has 3 rings (SSSR count). The number of carbonyl (C=O) groups excluding carboxylic acids is 1. The molecular weight excluding hydrogens is 346 g/mol. The van der Waals surface area contributed by atoms with Gasteiger partial charge in [0.05, 0.1) is 6.54 Å². The van der Waals surface area contributed by atoms with E-state index in [9.17, 15) is 13.6 Å². The van der Waals surface area contributed by atoms with Crippen molar-refractivity contribution in [3.8, 4) is 17.1 Å². The second-order valence-corrected chi connectivity index (χ2v) is 6.90. The topological polar surface area (TPSA) is 69.5 Å². The Morgan fingerprint density at radius 3 is 2.69 bits per heavy atom. The third-order valence-electron chi connectivity index (χ3n) is 3.72. The predicted octanol–water partition coefficient (Wildman–Crippen LogP) is 3.30. The van der Waals surface area contributed by atoms with Gasteiger partial charge in [-0.05, 0) is 32.9 Å². The first-order valence-electron chi connectivity index (χ1n) is 8.18. The molecule has 2 aromatic rings. The van der Waals surface area contributed by atoms with Gasteiger partial charge in [0.1, 0.15) is 11.4 Å². The maximum absolute atomic E-state index is 12.4. The molecule has 0 atom stereocenters. The monoisotopic (exact) mass is 366 g/mol. The Morgan fingerprint density at radius 2 is 2.00 bits per heavy atom. The molecule has 0 aliphatic carbocycles. The molecule has 7 nitrogen and oxygen atoms in total. The molecule has 0 unspecified atom stereocenters. The predicted molar refractivity (Wildman–Crippen MR) is 88.7 cm³/mol. The largest absolute Gasteiger partial charge is 0.444 e. The van der Waals surface area contributed by atoms with Crippen LogP contribution in [0.2, 0.25) is 0 Å². The van der Waals surface area contributed by atoms with Crippen LogP contribution in [0, 0.1) is 0 Å². The molecule has 1 aliphatic heterocycles. The highest BCUT2D eigenvalue weighted by atomic mass is 19.3. The van der Waals surface area contributed by atoms with Crippen LogP contribution in [-0.2, 0) is 17.8 Å². The first-order chi connectivity index (χ1) is 12.2. The van der Waals surface area contributed by atoms with Crippen molar-refractivity contribution in [2.75, 3.05) is 6.54 Å². The van der Waals surface area contributed by atoms with E-state index in [0.717, 1.165) is 0 Å². The quantitative estimate of drug-likeness (QED) is 0.834. The minimum atomic E-state index is -2.89. The Kier molecular flexibility index (Phi) is 4.80. The molecule has 9 heteroatoms. The van der Waals surface area contributed by atoms with Gasteiger partial charge in [0, 0.05) is 18.7 Å². The summed E-state index contributed by atoms with van der Waals surface area (Å²) in [4.78, 5) is 13.8. The van der Waals surface area contributed by atoms with E-state index in [4.69, 9.17) is 4.74 Å². The fourth-order valence-electron chi connectivity index (χ4n) is 2.66. The van der Waals surface area contributed by atoms with E-state index in [1.54, 1.807) is 17.0 Å². The normalized spacial score (nSPS) is 14.3. The van der Waals surface area contributed by atoms with E-state index in [2.05, 4.69) is 14.9 Å². The Labute approximate surface area is 149 Å². The number of benzene rings is 1. The molecule has 0 radical (unpaired) electrons. The molecule has 0 saturated carbocycles. The Morgan fingerprint density at radius 1 is 1.23 bits per heavy atom. The number of aromatic nitrogens is 3. The average molecular weight is 366 g/mol. The Bertz CT molecular complexity index is 802. The van der Waals surface area contributed by atoms with E-state index < -0.39 is 18.3 Å². The number of hydrogen-bond acceptors (Lipinski definition) is 5. The van der Waals surface area contributed by atoms with Gasteiger partial charge in [0.25, 0.3) is 0 Å². The van der Waals surface area contributed by atoms with Crippen molar-refractivity contribution < 1.29 is 23.0 Å². The standard InChI is InChI=1S/C17H20F2N4O3/c1-17(2,3)26-16(24)22-7-8-23-13(10-22)20-21-14(23)11-5-4-6-12(9-11)25-15(18)19/h4-6,9,15H,7-8,10H2,1-3H3. The molecule has 1 aromatic heterocycles. The lowest BCUT2D eigenvalue weighted by Gasteiger charge is -2.30. The van der Waals surface area contributed by atoms with Crippen LogP contribution < -0.4 is 4.74 Å². The summed E-state index contributed by atoms with van der Waals surface area (Å²) >= 11 is 0. The number of hydrogen-bond donors (Lipinski definition) is 0. The van der Waals surface area contributed by atoms with Crippen LogP contribution in [0.15, 0.2) is 24.3 Å². The van der Waals surface area contributed by atoms with E-state index in [0.29, 0.717) is 30.3 Å². The minimum Gasteiger partial charge on any atom is -0.444 e. The van der Waals surface area contributed by atoms with Crippen LogP contribution in [-0.4, -0.2) is 44.5 Å². The van der Waals surface area contributed by atoms with Gasteiger partial charge in [-0.1, -0.05) is 12.1 Å². The highest BCUT2D eigenvalue weighted by molar-refractivity contribution is 5.68. The molecule has 1 amide bonds. The number of halogens is 2. The Balaban J connectivity index is 1.79. The second-order valence-electron chi connectivity index (χ2n) is 6.90. The number of ether oxygens (including phenoxy) is 2. The molecule has 0 spiro atoms. The van der Waals surface area contributed by atoms with Crippen molar-refractivity contribution >= 4 is 6.09 Å². The number of amides is 1. The number of rotatable bonds is 3. The lowest BCUT2D eigenvalue weighted by molar-refractivity contribution is -0.0498. The van der Waals surface area contributed by atoms with Crippen LogP contribution >= 0.6 is 0 Å². The molecule has 0 N–H and O–H groups in total. The van der Waals surface area contributed by atoms with Gasteiger partial charge in [-0.15, -0.1) is 10.2 Å². The van der Waals surface area contributed by atoms with Gasteiger partial charge in [0.15, 0.2) is 11.6 Å². The summed E-state index contributed by atoms with van der Waals surface area (Å²) in [5.74, 6) is 1.21. The summed E-state index contributed by atoms with van der Waals surface area (Å²) in [6.07, 6.45) is -0.402. The van der Waals surface area contributed by atoms with Crippen LogP contribution in [0.1, 0.15) is 26.6 Å². The fraction of sp³-hybridized carbons (Fsp3) is 0.471. The molecule has 0 bridgehead atoms. The lowest BCUT2D eigenvalue weighted by Crippen LogP contribution is -2.41. The third kappa shape index (κ3) is 4.09. The highest BCUT2D eigenvalue weighted by Gasteiger charge is 2.28. The Hall–Kier alpha value is -2.71. The summed E-state index contributed by atoms with van der Waals surface area (Å²) in [6.45, 7) is 3.74. The van der Waals surface area contributed by atoms with Crippen LogP contribution in [0.4, 0.5) is 13.6 Å². The molecule has 0 saturated heterocycles. The molecule has 1 aliphatic rings. The van der Waals surface area contributed by atoms with Crippen LogP contribution in [0.25, 0.3) is 11.4 Å². The highest BCUT2D eigenvalue weighted by Crippen LogP contribution is 2.26. The first-order valence-corrected chi connectivity index (χ1v) is 8.18. The van der Waals surface area contributed by atoms with Gasteiger partial charge < -0.3 is 14.0 Å². The zero-order valence-corrected chi connectivity index (χ0v) is 14.8. The number of fused-ring (bicyclic) bond motifs is 1. The van der Waals surface area contributed by atoms with Crippen molar-refractivity contribution in [1.29, 1.82) is 0 Å². The summed E-state index contributed by atoms with van der Waals surface area (Å²) in [5.41, 5.74) is 0.0472. The second kappa shape index (κ2) is 6.89. The molecule has 140 valence electrons. The summed E-state index contributed by atoms with van der Waals surface area (Å²) in [6, 6.07) is 6.30. The molecule has 2 heterocycles. The van der Waals surface area contributed by atoms with Crippen LogP contribution in [0.5, 0.6) is 5.75 Å². The van der Waals surface area contributed by atoms with E-state index in [-0.39, 0.29) is 12.3 Å². The maximum Gasteiger partial charge on any atom is 0.410 e. The van der Waals surface area contributed by atoms with Crippen molar-refractivity contribution in [2.24, 2.45) is 0 Å². The summed E-state index contributed by atoms with van der Waals surface area (Å²) < 4.78 is 36.5. The molecule has 1 aromatic carbocycles. The van der Waals surface area contributed by atoms with E-state index >= 15 is 0 Å². The van der Waals surface area contributed by atoms with E-state index in [1.807, 2.05) is 25.3 Å². The summed E-state index contributed by atoms with van der Waals surface area (Å²) in [7, 11) is 0. The average Bonchev–Trinajstić information content (AvgIpc) is 2.96. The van der Waals surface area contributed by atoms with Crippen molar-refractivity contribution in [2.45, 2.75) is 46.1 Å². The number of nitrogens with zero attached hydrogens (tertiary/aromatic N) is 4. The van der Waals surface area contributed by atoms with E-state index in [1.165, 1.54) is 12.1 Å². The zero-order valence-electron chi connectivity index (χ0n) is 14.8. The SMILES string of the molecule is CC(C)(C)OC(=O)N1CCn2c(nnc2-c2cccc(OC(F)F)c2)C1.